The van der Waals surface area contributed by atoms with Gasteiger partial charge in [-0.05, 0) is 32.0 Å². The van der Waals surface area contributed by atoms with E-state index in [0.717, 1.165) is 29.2 Å². The SMILES string of the molecule is Cc1cc(C(=O)CSc2ccc(F)cc2F)c(C)n1C. The van der Waals surface area contributed by atoms with E-state index in [2.05, 4.69) is 0 Å². The average Bonchev–Trinajstić information content (AvgIpc) is 2.65. The van der Waals surface area contributed by atoms with Gasteiger partial charge in [-0.15, -0.1) is 11.8 Å². The molecule has 0 saturated heterocycles. The molecule has 0 amide bonds. The highest BCUT2D eigenvalue weighted by molar-refractivity contribution is 8.00. The Morgan fingerprint density at radius 2 is 1.95 bits per heavy atom. The number of aryl methyl sites for hydroxylation is 1. The first-order valence-corrected chi connectivity index (χ1v) is 7.12. The van der Waals surface area contributed by atoms with Crippen LogP contribution in [0.3, 0.4) is 0 Å². The van der Waals surface area contributed by atoms with Crippen molar-refractivity contribution in [3.8, 4) is 0 Å². The van der Waals surface area contributed by atoms with Crippen LogP contribution in [0.15, 0.2) is 29.2 Å². The highest BCUT2D eigenvalue weighted by Gasteiger charge is 2.15. The number of carbonyl (C=O) groups excluding carboxylic acids is 1. The van der Waals surface area contributed by atoms with Crippen molar-refractivity contribution in [3.05, 3.63) is 52.9 Å². The van der Waals surface area contributed by atoms with Gasteiger partial charge in [-0.1, -0.05) is 0 Å². The minimum absolute atomic E-state index is 0.0556. The Balaban J connectivity index is 2.10. The van der Waals surface area contributed by atoms with Crippen molar-refractivity contribution >= 4 is 17.5 Å². The number of ketones is 1. The molecule has 5 heteroatoms. The lowest BCUT2D eigenvalue weighted by Gasteiger charge is -2.04. The van der Waals surface area contributed by atoms with Crippen LogP contribution in [0.4, 0.5) is 8.78 Å². The molecule has 0 atom stereocenters. The van der Waals surface area contributed by atoms with Crippen molar-refractivity contribution in [2.24, 2.45) is 7.05 Å². The number of benzene rings is 1. The maximum Gasteiger partial charge on any atom is 0.174 e. The lowest BCUT2D eigenvalue weighted by Crippen LogP contribution is -2.04. The predicted octanol–water partition coefficient (Wildman–Crippen LogP) is 3.90. The van der Waals surface area contributed by atoms with Crippen molar-refractivity contribution in [2.75, 3.05) is 5.75 Å². The van der Waals surface area contributed by atoms with Gasteiger partial charge in [-0.3, -0.25) is 4.79 Å². The van der Waals surface area contributed by atoms with Gasteiger partial charge >= 0.3 is 0 Å². The second kappa shape index (κ2) is 5.79. The summed E-state index contributed by atoms with van der Waals surface area (Å²) >= 11 is 1.08. The fourth-order valence-corrected chi connectivity index (χ4v) is 2.75. The van der Waals surface area contributed by atoms with Crippen LogP contribution < -0.4 is 0 Å². The summed E-state index contributed by atoms with van der Waals surface area (Å²) in [5.41, 5.74) is 2.55. The van der Waals surface area contributed by atoms with E-state index < -0.39 is 11.6 Å². The number of aromatic nitrogens is 1. The van der Waals surface area contributed by atoms with Gasteiger partial charge < -0.3 is 4.57 Å². The Hall–Kier alpha value is -1.62. The molecule has 0 saturated carbocycles. The zero-order valence-electron chi connectivity index (χ0n) is 11.5. The van der Waals surface area contributed by atoms with Crippen LogP contribution in [0.2, 0.25) is 0 Å². The molecule has 1 heterocycles. The largest absolute Gasteiger partial charge is 0.351 e. The Morgan fingerprint density at radius 1 is 1.25 bits per heavy atom. The van der Waals surface area contributed by atoms with Gasteiger partial charge in [-0.25, -0.2) is 8.78 Å². The maximum atomic E-state index is 13.5. The molecule has 1 aromatic carbocycles. The van der Waals surface area contributed by atoms with E-state index in [9.17, 15) is 13.6 Å². The van der Waals surface area contributed by atoms with E-state index in [1.54, 1.807) is 0 Å². The van der Waals surface area contributed by atoms with Gasteiger partial charge in [0.25, 0.3) is 0 Å². The predicted molar refractivity (Wildman–Crippen MR) is 76.3 cm³/mol. The normalized spacial score (nSPS) is 10.8. The van der Waals surface area contributed by atoms with E-state index in [4.69, 9.17) is 0 Å². The Bertz CT molecular complexity index is 664. The third kappa shape index (κ3) is 2.93. The van der Waals surface area contributed by atoms with Gasteiger partial charge in [-0.2, -0.15) is 0 Å². The van der Waals surface area contributed by atoms with Gasteiger partial charge in [0.15, 0.2) is 5.78 Å². The van der Waals surface area contributed by atoms with Crippen LogP contribution in [-0.4, -0.2) is 16.1 Å². The average molecular weight is 295 g/mol. The monoisotopic (exact) mass is 295 g/mol. The fourth-order valence-electron chi connectivity index (χ4n) is 1.95. The van der Waals surface area contributed by atoms with Crippen molar-refractivity contribution in [3.63, 3.8) is 0 Å². The van der Waals surface area contributed by atoms with Crippen LogP contribution in [0.25, 0.3) is 0 Å². The molecule has 20 heavy (non-hydrogen) atoms. The van der Waals surface area contributed by atoms with E-state index in [1.807, 2.05) is 31.5 Å². The van der Waals surface area contributed by atoms with E-state index in [0.29, 0.717) is 5.56 Å². The number of hydrogen-bond donors (Lipinski definition) is 0. The molecule has 0 radical (unpaired) electrons. The van der Waals surface area contributed by atoms with Gasteiger partial charge in [0.05, 0.1) is 5.75 Å². The molecule has 1 aromatic heterocycles. The van der Waals surface area contributed by atoms with Crippen molar-refractivity contribution in [2.45, 2.75) is 18.7 Å². The number of carbonyl (C=O) groups is 1. The molecular formula is C15H15F2NOS. The van der Waals surface area contributed by atoms with Crippen LogP contribution in [-0.2, 0) is 7.05 Å². The molecule has 2 rings (SSSR count). The van der Waals surface area contributed by atoms with E-state index in [-0.39, 0.29) is 16.4 Å². The summed E-state index contributed by atoms with van der Waals surface area (Å²) in [7, 11) is 1.90. The van der Waals surface area contributed by atoms with Gasteiger partial charge in [0, 0.05) is 35.0 Å². The highest BCUT2D eigenvalue weighted by Crippen LogP contribution is 2.24. The third-order valence-corrected chi connectivity index (χ3v) is 4.38. The van der Waals surface area contributed by atoms with Crippen molar-refractivity contribution in [1.82, 2.24) is 4.57 Å². The second-order valence-corrected chi connectivity index (χ2v) is 5.65. The molecule has 0 unspecified atom stereocenters. The van der Waals surface area contributed by atoms with Crippen molar-refractivity contribution < 1.29 is 13.6 Å². The molecule has 106 valence electrons. The molecule has 2 aromatic rings. The highest BCUT2D eigenvalue weighted by atomic mass is 32.2. The quantitative estimate of drug-likeness (QED) is 0.630. The topological polar surface area (TPSA) is 22.0 Å². The molecule has 0 aliphatic heterocycles. The summed E-state index contributed by atoms with van der Waals surface area (Å²) in [5, 5.41) is 0. The second-order valence-electron chi connectivity index (χ2n) is 4.63. The Morgan fingerprint density at radius 3 is 2.50 bits per heavy atom. The summed E-state index contributed by atoms with van der Waals surface area (Å²) in [5.74, 6) is -1.18. The minimum Gasteiger partial charge on any atom is -0.351 e. The molecule has 0 fully saturated rings. The van der Waals surface area contributed by atoms with E-state index >= 15 is 0 Å². The number of rotatable bonds is 4. The first-order chi connectivity index (χ1) is 9.40. The minimum atomic E-state index is -0.635. The Kier molecular flexibility index (Phi) is 4.28. The molecule has 0 spiro atoms. The molecule has 0 aliphatic rings. The first kappa shape index (κ1) is 14.8. The van der Waals surface area contributed by atoms with Crippen molar-refractivity contribution in [1.29, 1.82) is 0 Å². The lowest BCUT2D eigenvalue weighted by molar-refractivity contribution is 0.102. The number of nitrogens with zero attached hydrogens (tertiary/aromatic N) is 1. The van der Waals surface area contributed by atoms with Gasteiger partial charge in [0.2, 0.25) is 0 Å². The summed E-state index contributed by atoms with van der Waals surface area (Å²) in [4.78, 5) is 12.4. The van der Waals surface area contributed by atoms with Crippen LogP contribution >= 0.6 is 11.8 Å². The molecule has 2 nitrogen and oxygen atoms in total. The molecule has 0 N–H and O–H groups in total. The van der Waals surface area contributed by atoms with E-state index in [1.165, 1.54) is 12.1 Å². The smallest absolute Gasteiger partial charge is 0.174 e. The van der Waals surface area contributed by atoms with Crippen LogP contribution in [0.5, 0.6) is 0 Å². The standard InChI is InChI=1S/C15H15F2NOS/c1-9-6-12(10(2)18(9)3)14(19)8-20-15-5-4-11(16)7-13(15)17/h4-7H,8H2,1-3H3. The number of hydrogen-bond acceptors (Lipinski definition) is 2. The number of halogens is 2. The van der Waals surface area contributed by atoms with Crippen LogP contribution in [0, 0.1) is 25.5 Å². The third-order valence-electron chi connectivity index (χ3n) is 3.33. The summed E-state index contributed by atoms with van der Waals surface area (Å²) in [6.45, 7) is 3.81. The molecule has 0 bridgehead atoms. The first-order valence-electron chi connectivity index (χ1n) is 6.14. The van der Waals surface area contributed by atoms with Gasteiger partial charge in [0.1, 0.15) is 11.6 Å². The summed E-state index contributed by atoms with van der Waals surface area (Å²) < 4.78 is 28.2. The summed E-state index contributed by atoms with van der Waals surface area (Å²) in [6, 6.07) is 5.20. The molecule has 0 aliphatic carbocycles. The fraction of sp³-hybridized carbons (Fsp3) is 0.267. The zero-order chi connectivity index (χ0) is 14.9. The number of thioether (sulfide) groups is 1. The number of Topliss-reactive ketones (excluding diaryl/α,β-unsaturated/α-hetero) is 1. The van der Waals surface area contributed by atoms with Crippen LogP contribution in [0.1, 0.15) is 21.7 Å². The summed E-state index contributed by atoms with van der Waals surface area (Å²) in [6.07, 6.45) is 0. The molecular weight excluding hydrogens is 280 g/mol. The lowest BCUT2D eigenvalue weighted by atomic mass is 10.2. The Labute approximate surface area is 120 Å². The maximum absolute atomic E-state index is 13.5. The zero-order valence-corrected chi connectivity index (χ0v) is 12.4.